The van der Waals surface area contributed by atoms with Crippen molar-refractivity contribution in [2.75, 3.05) is 20.6 Å². The molecule has 0 unspecified atom stereocenters. The number of fused-ring (bicyclic) bond motifs is 1. The van der Waals surface area contributed by atoms with E-state index in [1.165, 1.54) is 19.2 Å². The van der Waals surface area contributed by atoms with E-state index in [0.29, 0.717) is 24.3 Å². The summed E-state index contributed by atoms with van der Waals surface area (Å²) in [5, 5.41) is 2.42. The van der Waals surface area contributed by atoms with Crippen LogP contribution in [-0.2, 0) is 6.42 Å². The topological polar surface area (TPSA) is 58.6 Å². The molecule has 2 aromatic carbocycles. The van der Waals surface area contributed by atoms with E-state index in [-0.39, 0.29) is 11.5 Å². The zero-order valence-corrected chi connectivity index (χ0v) is 16.4. The van der Waals surface area contributed by atoms with Crippen LogP contribution in [0.1, 0.15) is 43.0 Å². The molecule has 5 nitrogen and oxygen atoms in total. The number of rotatable bonds is 3. The second-order valence-electron chi connectivity index (χ2n) is 6.91. The van der Waals surface area contributed by atoms with Crippen molar-refractivity contribution >= 4 is 11.8 Å². The standard InChI is InChI=1S/C22H23FN2O3/c1-13-14(2)20-18(22(27)25(4)8-5-9-28-20)12-16(13)10-15-6-7-17(19(23)11-15)21(26)24-3/h5-7,9,11-12H,8,10H2,1-4H3,(H,24,26)/b9-5-. The lowest BCUT2D eigenvalue weighted by atomic mass is 9.92. The number of hydrogen-bond acceptors (Lipinski definition) is 3. The number of ether oxygens (including phenoxy) is 1. The van der Waals surface area contributed by atoms with Crippen LogP contribution in [0.3, 0.4) is 0 Å². The van der Waals surface area contributed by atoms with Crippen LogP contribution in [0.2, 0.25) is 0 Å². The van der Waals surface area contributed by atoms with Gasteiger partial charge in [0, 0.05) is 20.6 Å². The molecule has 0 saturated carbocycles. The number of nitrogens with one attached hydrogen (secondary N) is 1. The minimum atomic E-state index is -0.568. The largest absolute Gasteiger partial charge is 0.464 e. The second kappa shape index (κ2) is 7.84. The molecule has 0 bridgehead atoms. The molecule has 28 heavy (non-hydrogen) atoms. The summed E-state index contributed by atoms with van der Waals surface area (Å²) >= 11 is 0. The highest BCUT2D eigenvalue weighted by molar-refractivity contribution is 5.98. The van der Waals surface area contributed by atoms with E-state index < -0.39 is 11.7 Å². The summed E-state index contributed by atoms with van der Waals surface area (Å²) in [6.45, 7) is 4.34. The van der Waals surface area contributed by atoms with E-state index in [1.54, 1.807) is 30.4 Å². The van der Waals surface area contributed by atoms with Crippen LogP contribution in [-0.4, -0.2) is 37.4 Å². The summed E-state index contributed by atoms with van der Waals surface area (Å²) < 4.78 is 20.0. The van der Waals surface area contributed by atoms with Crippen molar-refractivity contribution in [3.05, 3.63) is 75.8 Å². The number of nitrogens with zero attached hydrogens (tertiary/aromatic N) is 1. The molecular weight excluding hydrogens is 359 g/mol. The van der Waals surface area contributed by atoms with E-state index in [1.807, 2.05) is 19.9 Å². The van der Waals surface area contributed by atoms with Crippen molar-refractivity contribution in [1.82, 2.24) is 10.2 Å². The minimum Gasteiger partial charge on any atom is -0.464 e. The number of hydrogen-bond donors (Lipinski definition) is 1. The highest BCUT2D eigenvalue weighted by atomic mass is 19.1. The first-order chi connectivity index (χ1) is 13.3. The van der Waals surface area contributed by atoms with Gasteiger partial charge >= 0.3 is 0 Å². The Kier molecular flexibility index (Phi) is 5.49. The Bertz CT molecular complexity index is 982. The fraction of sp³-hybridized carbons (Fsp3) is 0.273. The van der Waals surface area contributed by atoms with Gasteiger partial charge in [0.15, 0.2) is 0 Å². The monoisotopic (exact) mass is 382 g/mol. The predicted octanol–water partition coefficient (Wildman–Crippen LogP) is 3.37. The molecule has 0 atom stereocenters. The Morgan fingerprint density at radius 3 is 2.68 bits per heavy atom. The van der Waals surface area contributed by atoms with Crippen molar-refractivity contribution in [1.29, 1.82) is 0 Å². The maximum Gasteiger partial charge on any atom is 0.257 e. The number of halogens is 1. The first-order valence-electron chi connectivity index (χ1n) is 9.04. The van der Waals surface area contributed by atoms with Crippen LogP contribution in [0.5, 0.6) is 5.75 Å². The zero-order chi connectivity index (χ0) is 20.4. The van der Waals surface area contributed by atoms with Gasteiger partial charge < -0.3 is 15.0 Å². The molecule has 6 heteroatoms. The molecule has 0 radical (unpaired) electrons. The summed E-state index contributed by atoms with van der Waals surface area (Å²) in [7, 11) is 3.20. The molecular formula is C22H23FN2O3. The first-order valence-corrected chi connectivity index (χ1v) is 9.04. The SMILES string of the molecule is CNC(=O)c1ccc(Cc2cc3c(c(C)c2C)O/C=C\CN(C)C3=O)cc1F. The molecule has 0 fully saturated rings. The zero-order valence-electron chi connectivity index (χ0n) is 16.4. The Labute approximate surface area is 163 Å². The van der Waals surface area contributed by atoms with Crippen LogP contribution < -0.4 is 10.1 Å². The molecule has 2 aromatic rings. The third kappa shape index (κ3) is 3.63. The fourth-order valence-corrected chi connectivity index (χ4v) is 3.27. The van der Waals surface area contributed by atoms with E-state index in [9.17, 15) is 14.0 Å². The summed E-state index contributed by atoms with van der Waals surface area (Å²) in [4.78, 5) is 26.1. The minimum absolute atomic E-state index is 0.00863. The van der Waals surface area contributed by atoms with Crippen molar-refractivity contribution in [2.45, 2.75) is 20.3 Å². The molecule has 146 valence electrons. The number of carbonyl (C=O) groups excluding carboxylic acids is 2. The lowest BCUT2D eigenvalue weighted by molar-refractivity contribution is 0.0803. The third-order valence-corrected chi connectivity index (χ3v) is 5.09. The highest BCUT2D eigenvalue weighted by Gasteiger charge is 2.23. The maximum atomic E-state index is 14.3. The fourth-order valence-electron chi connectivity index (χ4n) is 3.27. The number of likely N-dealkylation sites (N-methyl/N-ethyl adjacent to an activating group) is 1. The maximum absolute atomic E-state index is 14.3. The van der Waals surface area contributed by atoms with E-state index in [4.69, 9.17) is 4.74 Å². The summed E-state index contributed by atoms with van der Waals surface area (Å²) in [5.41, 5.74) is 4.00. The number of benzene rings is 2. The summed E-state index contributed by atoms with van der Waals surface area (Å²) in [6.07, 6.45) is 3.83. The van der Waals surface area contributed by atoms with Gasteiger partial charge in [-0.3, -0.25) is 9.59 Å². The van der Waals surface area contributed by atoms with Gasteiger partial charge in [0.05, 0.1) is 17.4 Å². The van der Waals surface area contributed by atoms with Gasteiger partial charge in [-0.05, 0) is 66.8 Å². The van der Waals surface area contributed by atoms with Crippen molar-refractivity contribution in [2.24, 2.45) is 0 Å². The number of carbonyl (C=O) groups is 2. The molecule has 1 heterocycles. The Morgan fingerprint density at radius 2 is 2.00 bits per heavy atom. The quantitative estimate of drug-likeness (QED) is 0.886. The molecule has 1 aliphatic heterocycles. The Hall–Kier alpha value is -3.15. The Balaban J connectivity index is 2.02. The molecule has 3 rings (SSSR count). The molecule has 0 spiro atoms. The van der Waals surface area contributed by atoms with Gasteiger partial charge in [0.2, 0.25) is 0 Å². The normalized spacial score (nSPS) is 14.6. The van der Waals surface area contributed by atoms with Gasteiger partial charge in [-0.1, -0.05) is 6.07 Å². The van der Waals surface area contributed by atoms with Gasteiger partial charge in [-0.25, -0.2) is 4.39 Å². The number of amides is 2. The third-order valence-electron chi connectivity index (χ3n) is 5.09. The first kappa shape index (κ1) is 19.6. The lowest BCUT2D eigenvalue weighted by Gasteiger charge is -2.23. The molecule has 1 N–H and O–H groups in total. The van der Waals surface area contributed by atoms with Crippen LogP contribution in [0.25, 0.3) is 0 Å². The predicted molar refractivity (Wildman–Crippen MR) is 105 cm³/mol. The van der Waals surface area contributed by atoms with E-state index in [2.05, 4.69) is 5.32 Å². The summed E-state index contributed by atoms with van der Waals surface area (Å²) in [5.74, 6) is -0.599. The highest BCUT2D eigenvalue weighted by Crippen LogP contribution is 2.32. The van der Waals surface area contributed by atoms with Crippen LogP contribution >= 0.6 is 0 Å². The van der Waals surface area contributed by atoms with Gasteiger partial charge in [-0.15, -0.1) is 0 Å². The second-order valence-corrected chi connectivity index (χ2v) is 6.91. The molecule has 2 amide bonds. The molecule has 0 saturated heterocycles. The molecule has 1 aliphatic rings. The van der Waals surface area contributed by atoms with Crippen molar-refractivity contribution in [3.63, 3.8) is 0 Å². The average molecular weight is 382 g/mol. The van der Waals surface area contributed by atoms with Gasteiger partial charge in [-0.2, -0.15) is 0 Å². The smallest absolute Gasteiger partial charge is 0.257 e. The Morgan fingerprint density at radius 1 is 1.25 bits per heavy atom. The van der Waals surface area contributed by atoms with Crippen LogP contribution in [0.15, 0.2) is 36.6 Å². The van der Waals surface area contributed by atoms with E-state index >= 15 is 0 Å². The van der Waals surface area contributed by atoms with E-state index in [0.717, 1.165) is 22.3 Å². The van der Waals surface area contributed by atoms with Crippen LogP contribution in [0, 0.1) is 19.7 Å². The van der Waals surface area contributed by atoms with Crippen molar-refractivity contribution < 1.29 is 18.7 Å². The molecule has 0 aliphatic carbocycles. The molecule has 0 aromatic heterocycles. The van der Waals surface area contributed by atoms with Crippen LogP contribution in [0.4, 0.5) is 4.39 Å². The van der Waals surface area contributed by atoms with Crippen molar-refractivity contribution in [3.8, 4) is 5.75 Å². The average Bonchev–Trinajstić information content (AvgIpc) is 2.67. The lowest BCUT2D eigenvalue weighted by Crippen LogP contribution is -2.28. The summed E-state index contributed by atoms with van der Waals surface area (Å²) in [6, 6.07) is 6.39. The van der Waals surface area contributed by atoms with Gasteiger partial charge in [0.25, 0.3) is 11.8 Å². The van der Waals surface area contributed by atoms with Gasteiger partial charge in [0.1, 0.15) is 11.6 Å².